The second-order valence-corrected chi connectivity index (χ2v) is 7.52. The number of rotatable bonds is 11. The second kappa shape index (κ2) is 13.2. The molecule has 0 saturated heterocycles. The SMILES string of the molecule is CCOC(=O)[C@H](CCc1ccccc1)N[C@@H](C)C(=O)N(CC(=O)O)C1CCCC1.Cl. The first-order valence-electron chi connectivity index (χ1n) is 10.4. The van der Waals surface area contributed by atoms with E-state index in [-0.39, 0.29) is 37.5 Å². The van der Waals surface area contributed by atoms with Gasteiger partial charge in [0, 0.05) is 6.04 Å². The van der Waals surface area contributed by atoms with Gasteiger partial charge in [-0.15, -0.1) is 12.4 Å². The molecule has 0 spiro atoms. The summed E-state index contributed by atoms with van der Waals surface area (Å²) < 4.78 is 5.18. The highest BCUT2D eigenvalue weighted by Gasteiger charge is 2.33. The van der Waals surface area contributed by atoms with Gasteiger partial charge in [0.05, 0.1) is 12.6 Å². The normalized spacial score (nSPS) is 15.7. The first-order valence-corrected chi connectivity index (χ1v) is 10.4. The van der Waals surface area contributed by atoms with Crippen LogP contribution in [0.5, 0.6) is 0 Å². The number of carboxylic acids is 1. The zero-order chi connectivity index (χ0) is 21.2. The van der Waals surface area contributed by atoms with E-state index in [0.29, 0.717) is 12.8 Å². The Bertz CT molecular complexity index is 679. The summed E-state index contributed by atoms with van der Waals surface area (Å²) in [6.45, 7) is 3.37. The Hall–Kier alpha value is -2.12. The Kier molecular flexibility index (Phi) is 11.4. The standard InChI is InChI=1S/C22H32N2O5.ClH/c1-3-29-22(28)19(14-13-17-9-5-4-6-10-17)23-16(2)21(27)24(15-20(25)26)18-11-7-8-12-18;/h4-6,9-10,16,18-19,23H,3,7-8,11-15H2,1-2H3,(H,25,26);1H/t16-,19-;/m0./s1. The monoisotopic (exact) mass is 440 g/mol. The van der Waals surface area contributed by atoms with Crippen LogP contribution in [0.2, 0.25) is 0 Å². The van der Waals surface area contributed by atoms with Gasteiger partial charge in [-0.3, -0.25) is 19.7 Å². The van der Waals surface area contributed by atoms with E-state index in [4.69, 9.17) is 4.74 Å². The molecule has 30 heavy (non-hydrogen) atoms. The fraction of sp³-hybridized carbons (Fsp3) is 0.591. The minimum absolute atomic E-state index is 0. The lowest BCUT2D eigenvalue weighted by Gasteiger charge is -2.31. The van der Waals surface area contributed by atoms with Crippen molar-refractivity contribution >= 4 is 30.3 Å². The van der Waals surface area contributed by atoms with Gasteiger partial charge in [0.2, 0.25) is 5.91 Å². The molecule has 2 atom stereocenters. The molecule has 0 heterocycles. The number of carbonyl (C=O) groups excluding carboxylic acids is 2. The number of aryl methyl sites for hydroxylation is 1. The van der Waals surface area contributed by atoms with Crippen molar-refractivity contribution in [2.24, 2.45) is 0 Å². The molecule has 0 aliphatic heterocycles. The van der Waals surface area contributed by atoms with Crippen LogP contribution in [-0.4, -0.2) is 59.1 Å². The number of amides is 1. The van der Waals surface area contributed by atoms with Crippen LogP contribution >= 0.6 is 12.4 Å². The molecular weight excluding hydrogens is 408 g/mol. The van der Waals surface area contributed by atoms with E-state index in [0.717, 1.165) is 31.2 Å². The summed E-state index contributed by atoms with van der Waals surface area (Å²) in [5, 5.41) is 12.3. The molecule has 2 N–H and O–H groups in total. The first kappa shape index (κ1) is 25.9. The van der Waals surface area contributed by atoms with E-state index < -0.39 is 24.0 Å². The summed E-state index contributed by atoms with van der Waals surface area (Å²) >= 11 is 0. The van der Waals surface area contributed by atoms with E-state index in [9.17, 15) is 19.5 Å². The lowest BCUT2D eigenvalue weighted by molar-refractivity contribution is -0.149. The number of esters is 1. The maximum atomic E-state index is 13.0. The summed E-state index contributed by atoms with van der Waals surface area (Å²) in [4.78, 5) is 38.2. The third-order valence-electron chi connectivity index (χ3n) is 5.31. The molecule has 1 aliphatic rings. The van der Waals surface area contributed by atoms with Gasteiger partial charge in [0.1, 0.15) is 12.6 Å². The maximum Gasteiger partial charge on any atom is 0.323 e. The lowest BCUT2D eigenvalue weighted by atomic mass is 10.0. The van der Waals surface area contributed by atoms with Crippen molar-refractivity contribution in [3.8, 4) is 0 Å². The number of carboxylic acid groups (broad SMARTS) is 1. The number of nitrogens with one attached hydrogen (secondary N) is 1. The van der Waals surface area contributed by atoms with Crippen molar-refractivity contribution in [3.05, 3.63) is 35.9 Å². The van der Waals surface area contributed by atoms with E-state index in [2.05, 4.69) is 5.32 Å². The number of halogens is 1. The Balaban J connectivity index is 0.00000450. The smallest absolute Gasteiger partial charge is 0.323 e. The zero-order valence-electron chi connectivity index (χ0n) is 17.7. The number of benzene rings is 1. The minimum atomic E-state index is -1.02. The van der Waals surface area contributed by atoms with Crippen LogP contribution in [0.25, 0.3) is 0 Å². The van der Waals surface area contributed by atoms with Gasteiger partial charge >= 0.3 is 11.9 Å². The minimum Gasteiger partial charge on any atom is -0.480 e. The molecule has 168 valence electrons. The van der Waals surface area contributed by atoms with Crippen molar-refractivity contribution < 1.29 is 24.2 Å². The number of hydrogen-bond acceptors (Lipinski definition) is 5. The number of ether oxygens (including phenoxy) is 1. The van der Waals surface area contributed by atoms with Crippen molar-refractivity contribution in [2.45, 2.75) is 70.5 Å². The average Bonchev–Trinajstić information content (AvgIpc) is 3.24. The highest BCUT2D eigenvalue weighted by molar-refractivity contribution is 5.86. The zero-order valence-corrected chi connectivity index (χ0v) is 18.5. The Morgan fingerprint density at radius 3 is 2.40 bits per heavy atom. The summed E-state index contributed by atoms with van der Waals surface area (Å²) in [6.07, 6.45) is 4.79. The van der Waals surface area contributed by atoms with Crippen molar-refractivity contribution in [3.63, 3.8) is 0 Å². The van der Waals surface area contributed by atoms with Crippen LogP contribution in [0.4, 0.5) is 0 Å². The Morgan fingerprint density at radius 1 is 1.20 bits per heavy atom. The molecule has 0 aromatic heterocycles. The molecule has 1 saturated carbocycles. The highest BCUT2D eigenvalue weighted by Crippen LogP contribution is 2.24. The van der Waals surface area contributed by atoms with Gasteiger partial charge in [-0.1, -0.05) is 43.2 Å². The molecule has 1 fully saturated rings. The summed E-state index contributed by atoms with van der Waals surface area (Å²) in [7, 11) is 0. The number of carbonyl (C=O) groups is 3. The third-order valence-corrected chi connectivity index (χ3v) is 5.31. The topological polar surface area (TPSA) is 95.9 Å². The summed E-state index contributed by atoms with van der Waals surface area (Å²) in [5.41, 5.74) is 1.10. The fourth-order valence-electron chi connectivity index (χ4n) is 3.84. The van der Waals surface area contributed by atoms with Gasteiger partial charge < -0.3 is 14.7 Å². The Labute approximate surface area is 184 Å². The predicted molar refractivity (Wildman–Crippen MR) is 117 cm³/mol. The largest absolute Gasteiger partial charge is 0.480 e. The molecule has 1 amide bonds. The molecule has 0 radical (unpaired) electrons. The maximum absolute atomic E-state index is 13.0. The molecule has 8 heteroatoms. The molecule has 1 aromatic carbocycles. The van der Waals surface area contributed by atoms with E-state index in [1.807, 2.05) is 30.3 Å². The highest BCUT2D eigenvalue weighted by atomic mass is 35.5. The lowest BCUT2D eigenvalue weighted by Crippen LogP contribution is -2.54. The predicted octanol–water partition coefficient (Wildman–Crippen LogP) is 2.81. The van der Waals surface area contributed by atoms with Crippen LogP contribution in [0, 0.1) is 0 Å². The van der Waals surface area contributed by atoms with E-state index >= 15 is 0 Å². The molecule has 0 bridgehead atoms. The van der Waals surface area contributed by atoms with E-state index in [1.165, 1.54) is 4.90 Å². The molecule has 1 aromatic rings. The summed E-state index contributed by atoms with van der Waals surface area (Å²) in [6, 6.07) is 8.44. The number of nitrogens with zero attached hydrogens (tertiary/aromatic N) is 1. The molecule has 7 nitrogen and oxygen atoms in total. The van der Waals surface area contributed by atoms with E-state index in [1.54, 1.807) is 13.8 Å². The van der Waals surface area contributed by atoms with Crippen molar-refractivity contribution in [1.29, 1.82) is 0 Å². The van der Waals surface area contributed by atoms with Crippen molar-refractivity contribution in [2.75, 3.05) is 13.2 Å². The molecular formula is C22H33ClN2O5. The molecule has 0 unspecified atom stereocenters. The number of hydrogen-bond donors (Lipinski definition) is 2. The van der Waals surface area contributed by atoms with Gasteiger partial charge in [-0.25, -0.2) is 0 Å². The molecule has 1 aliphatic carbocycles. The first-order chi connectivity index (χ1) is 13.9. The number of aliphatic carboxylic acids is 1. The van der Waals surface area contributed by atoms with Crippen LogP contribution in [0.3, 0.4) is 0 Å². The summed E-state index contributed by atoms with van der Waals surface area (Å²) in [5.74, 6) is -1.70. The van der Waals surface area contributed by atoms with Gasteiger partial charge in [-0.2, -0.15) is 0 Å². The van der Waals surface area contributed by atoms with Gasteiger partial charge in [0.25, 0.3) is 0 Å². The Morgan fingerprint density at radius 2 is 1.83 bits per heavy atom. The van der Waals surface area contributed by atoms with Crippen LogP contribution in [-0.2, 0) is 25.5 Å². The fourth-order valence-corrected chi connectivity index (χ4v) is 3.84. The van der Waals surface area contributed by atoms with Crippen LogP contribution in [0.15, 0.2) is 30.3 Å². The quantitative estimate of drug-likeness (QED) is 0.513. The van der Waals surface area contributed by atoms with Crippen LogP contribution in [0.1, 0.15) is 51.5 Å². The van der Waals surface area contributed by atoms with Gasteiger partial charge in [0.15, 0.2) is 0 Å². The van der Waals surface area contributed by atoms with Crippen LogP contribution < -0.4 is 5.32 Å². The third kappa shape index (κ3) is 7.95. The van der Waals surface area contributed by atoms with Crippen molar-refractivity contribution in [1.82, 2.24) is 10.2 Å². The molecule has 2 rings (SSSR count). The second-order valence-electron chi connectivity index (χ2n) is 7.52. The van der Waals surface area contributed by atoms with Gasteiger partial charge in [-0.05, 0) is 45.1 Å². The average molecular weight is 441 g/mol.